The van der Waals surface area contributed by atoms with Gasteiger partial charge < -0.3 is 4.74 Å². The summed E-state index contributed by atoms with van der Waals surface area (Å²) in [6.07, 6.45) is 9.13. The molecule has 0 N–H and O–H groups in total. The highest BCUT2D eigenvalue weighted by Crippen LogP contribution is 2.75. The number of carbonyl (C=O) groups is 2. The topological polar surface area (TPSA) is 69.2 Å². The van der Waals surface area contributed by atoms with Crippen LogP contribution in [0.25, 0.3) is 0 Å². The summed E-state index contributed by atoms with van der Waals surface area (Å²) in [7, 11) is 0. The number of ketones is 2. The van der Waals surface area contributed by atoms with Gasteiger partial charge >= 0.3 is 0 Å². The van der Waals surface area contributed by atoms with E-state index in [4.69, 9.17) is 16.3 Å². The monoisotopic (exact) mass is 398 g/mol. The number of halogens is 1. The van der Waals surface area contributed by atoms with Crippen LogP contribution in [-0.4, -0.2) is 28.1 Å². The first-order chi connectivity index (χ1) is 13.4. The van der Waals surface area contributed by atoms with Crippen LogP contribution in [0.2, 0.25) is 5.02 Å². The van der Waals surface area contributed by atoms with E-state index in [0.29, 0.717) is 35.8 Å². The van der Waals surface area contributed by atoms with Crippen LogP contribution < -0.4 is 4.74 Å². The second kappa shape index (κ2) is 7.28. The van der Waals surface area contributed by atoms with E-state index in [1.165, 1.54) is 0 Å². The van der Waals surface area contributed by atoms with Gasteiger partial charge in [-0.1, -0.05) is 11.6 Å². The van der Waals surface area contributed by atoms with Crippen LogP contribution in [0.3, 0.4) is 0 Å². The van der Waals surface area contributed by atoms with Gasteiger partial charge in [0.15, 0.2) is 5.78 Å². The maximum atomic E-state index is 12.6. The number of rotatable bonds is 9. The Morgan fingerprint density at radius 2 is 2.00 bits per heavy atom. The molecule has 3 aliphatic rings. The van der Waals surface area contributed by atoms with Crippen LogP contribution in [0, 0.1) is 17.8 Å². The maximum absolute atomic E-state index is 12.6. The molecule has 0 atom stereocenters. The molecule has 146 valence electrons. The van der Waals surface area contributed by atoms with Crippen LogP contribution in [0.15, 0.2) is 36.8 Å². The zero-order valence-electron chi connectivity index (χ0n) is 15.9. The predicted molar refractivity (Wildman–Crippen MR) is 105 cm³/mol. The summed E-state index contributed by atoms with van der Waals surface area (Å²) >= 11 is 6.00. The lowest BCUT2D eigenvalue weighted by Crippen LogP contribution is -2.66. The number of ether oxygens (including phenoxy) is 1. The summed E-state index contributed by atoms with van der Waals surface area (Å²) in [6.45, 7) is 1.97. The Hall–Kier alpha value is -2.27. The van der Waals surface area contributed by atoms with E-state index < -0.39 is 0 Å². The number of aromatic nitrogens is 2. The van der Waals surface area contributed by atoms with Gasteiger partial charge in [-0.3, -0.25) is 19.6 Å². The first-order valence-corrected chi connectivity index (χ1v) is 9.97. The van der Waals surface area contributed by atoms with Gasteiger partial charge in [-0.15, -0.1) is 0 Å². The van der Waals surface area contributed by atoms with Crippen molar-refractivity contribution in [2.75, 3.05) is 6.61 Å². The number of hydrogen-bond donors (Lipinski definition) is 0. The minimum atomic E-state index is -0.184. The third-order valence-corrected chi connectivity index (χ3v) is 6.48. The Morgan fingerprint density at radius 1 is 1.21 bits per heavy atom. The number of benzene rings is 1. The molecule has 0 radical (unpaired) electrons. The van der Waals surface area contributed by atoms with Crippen molar-refractivity contribution in [1.29, 1.82) is 0 Å². The minimum absolute atomic E-state index is 0.0264. The molecule has 0 aliphatic heterocycles. The summed E-state index contributed by atoms with van der Waals surface area (Å²) in [5.41, 5.74) is 1.62. The van der Waals surface area contributed by atoms with Crippen molar-refractivity contribution in [3.8, 4) is 5.75 Å². The number of hydrogen-bond acceptors (Lipinski definition) is 5. The van der Waals surface area contributed by atoms with E-state index in [0.717, 1.165) is 30.5 Å². The fraction of sp³-hybridized carbons (Fsp3) is 0.455. The lowest BCUT2D eigenvalue weighted by molar-refractivity contribution is -0.208. The second-order valence-corrected chi connectivity index (χ2v) is 8.75. The fourth-order valence-electron chi connectivity index (χ4n) is 4.79. The lowest BCUT2D eigenvalue weighted by Gasteiger charge is -2.70. The zero-order chi connectivity index (χ0) is 19.8. The van der Waals surface area contributed by atoms with Crippen molar-refractivity contribution >= 4 is 23.2 Å². The Balaban J connectivity index is 1.21. The SMILES string of the molecule is Cc1cc(OCC(=O)CC23CC(C(=O)CCc4cnccn4)(C2)C3)ccc1Cl. The van der Waals surface area contributed by atoms with Crippen LogP contribution >= 0.6 is 11.6 Å². The Bertz CT molecular complexity index is 893. The highest BCUT2D eigenvalue weighted by Gasteiger charge is 2.70. The maximum Gasteiger partial charge on any atom is 0.170 e. The second-order valence-electron chi connectivity index (χ2n) is 8.35. The van der Waals surface area contributed by atoms with Crippen molar-refractivity contribution in [2.45, 2.75) is 45.4 Å². The van der Waals surface area contributed by atoms with Crippen molar-refractivity contribution in [3.05, 3.63) is 53.1 Å². The molecule has 1 aromatic carbocycles. The average molecular weight is 399 g/mol. The molecule has 5 rings (SSSR count). The number of aryl methyl sites for hydroxylation is 2. The van der Waals surface area contributed by atoms with Crippen molar-refractivity contribution in [2.24, 2.45) is 10.8 Å². The normalized spacial score (nSPS) is 24.8. The van der Waals surface area contributed by atoms with Gasteiger partial charge in [0.25, 0.3) is 0 Å². The Morgan fingerprint density at radius 3 is 2.68 bits per heavy atom. The molecule has 3 fully saturated rings. The molecule has 0 amide bonds. The molecule has 28 heavy (non-hydrogen) atoms. The molecule has 2 aromatic rings. The zero-order valence-corrected chi connectivity index (χ0v) is 16.7. The minimum Gasteiger partial charge on any atom is -0.486 e. The largest absolute Gasteiger partial charge is 0.486 e. The number of nitrogens with zero attached hydrogens (tertiary/aromatic N) is 2. The molecule has 3 saturated carbocycles. The fourth-order valence-corrected chi connectivity index (χ4v) is 4.90. The van der Waals surface area contributed by atoms with Gasteiger partial charge in [0, 0.05) is 41.9 Å². The van der Waals surface area contributed by atoms with Gasteiger partial charge in [0.05, 0.1) is 5.69 Å². The first-order valence-electron chi connectivity index (χ1n) is 9.59. The molecule has 0 spiro atoms. The highest BCUT2D eigenvalue weighted by atomic mass is 35.5. The van der Waals surface area contributed by atoms with Gasteiger partial charge in [0.1, 0.15) is 18.1 Å². The third kappa shape index (κ3) is 3.68. The summed E-state index contributed by atoms with van der Waals surface area (Å²) in [5, 5.41) is 0.682. The molecule has 2 bridgehead atoms. The van der Waals surface area contributed by atoms with Crippen molar-refractivity contribution in [1.82, 2.24) is 9.97 Å². The molecule has 6 heteroatoms. The molecule has 1 aromatic heterocycles. The van der Waals surface area contributed by atoms with Crippen LogP contribution in [0.4, 0.5) is 0 Å². The summed E-state index contributed by atoms with van der Waals surface area (Å²) in [5.74, 6) is 1.05. The highest BCUT2D eigenvalue weighted by molar-refractivity contribution is 6.31. The Kier molecular flexibility index (Phi) is 4.96. The predicted octanol–water partition coefficient (Wildman–Crippen LogP) is 4.15. The summed E-state index contributed by atoms with van der Waals surface area (Å²) in [6, 6.07) is 5.38. The van der Waals surface area contributed by atoms with E-state index in [2.05, 4.69) is 9.97 Å². The van der Waals surface area contributed by atoms with Gasteiger partial charge in [-0.05, 0) is 61.8 Å². The van der Waals surface area contributed by atoms with E-state index in [1.54, 1.807) is 30.7 Å². The van der Waals surface area contributed by atoms with Gasteiger partial charge in [0.2, 0.25) is 0 Å². The van der Waals surface area contributed by atoms with E-state index >= 15 is 0 Å². The lowest BCUT2D eigenvalue weighted by atomic mass is 9.33. The number of carbonyl (C=O) groups excluding carboxylic acids is 2. The molecule has 0 unspecified atom stereocenters. The van der Waals surface area contributed by atoms with Crippen LogP contribution in [0.1, 0.15) is 43.4 Å². The molecular formula is C22H23ClN2O3. The average Bonchev–Trinajstić information content (AvgIpc) is 2.63. The number of Topliss-reactive ketones (excluding diaryl/α,β-unsaturated/α-hetero) is 2. The van der Waals surface area contributed by atoms with E-state index in [1.807, 2.05) is 13.0 Å². The smallest absolute Gasteiger partial charge is 0.170 e. The van der Waals surface area contributed by atoms with Gasteiger partial charge in [-0.25, -0.2) is 0 Å². The standard InChI is InChI=1S/C22H23ClN2O3/c1-15-8-18(3-4-19(15)23)28-11-17(26)9-21-12-22(13-21,14-21)20(27)5-2-16-10-24-6-7-25-16/h3-4,6-8,10H,2,5,9,11-14H2,1H3. The molecule has 0 saturated heterocycles. The summed E-state index contributed by atoms with van der Waals surface area (Å²) in [4.78, 5) is 33.2. The first kappa shape index (κ1) is 19.1. The molecule has 5 nitrogen and oxygen atoms in total. The van der Waals surface area contributed by atoms with Gasteiger partial charge in [-0.2, -0.15) is 0 Å². The molecular weight excluding hydrogens is 376 g/mol. The van der Waals surface area contributed by atoms with Crippen molar-refractivity contribution in [3.63, 3.8) is 0 Å². The Labute approximate surface area is 169 Å². The molecule has 3 aliphatic carbocycles. The quantitative estimate of drug-likeness (QED) is 0.634. The summed E-state index contributed by atoms with van der Waals surface area (Å²) < 4.78 is 5.61. The third-order valence-electron chi connectivity index (χ3n) is 6.06. The van der Waals surface area contributed by atoms with Crippen LogP contribution in [-0.2, 0) is 16.0 Å². The molecule has 1 heterocycles. The van der Waals surface area contributed by atoms with E-state index in [-0.39, 0.29) is 23.2 Å². The van der Waals surface area contributed by atoms with E-state index in [9.17, 15) is 9.59 Å². The van der Waals surface area contributed by atoms with Crippen LogP contribution in [0.5, 0.6) is 5.75 Å². The van der Waals surface area contributed by atoms with Crippen molar-refractivity contribution < 1.29 is 14.3 Å².